The SMILES string of the molecule is O=S(=O)(CF)Oc1ccc2cc(-n3ccnc3)ccc2n1. The Hall–Kier alpha value is -2.48. The first kappa shape index (κ1) is 13.5. The zero-order chi connectivity index (χ0) is 14.9. The van der Waals surface area contributed by atoms with Gasteiger partial charge in [0, 0.05) is 29.5 Å². The summed E-state index contributed by atoms with van der Waals surface area (Å²) in [5.41, 5.74) is 1.44. The van der Waals surface area contributed by atoms with E-state index in [0.717, 1.165) is 11.1 Å². The first-order valence-corrected chi connectivity index (χ1v) is 7.52. The minimum absolute atomic E-state index is 0.157. The average Bonchev–Trinajstić information content (AvgIpc) is 3.00. The molecule has 0 unspecified atom stereocenters. The molecule has 0 saturated heterocycles. The Kier molecular flexibility index (Phi) is 3.30. The van der Waals surface area contributed by atoms with Crippen LogP contribution in [-0.2, 0) is 10.1 Å². The highest BCUT2D eigenvalue weighted by Crippen LogP contribution is 2.21. The minimum Gasteiger partial charge on any atom is -0.360 e. The maximum absolute atomic E-state index is 12.2. The van der Waals surface area contributed by atoms with E-state index in [1.54, 1.807) is 30.9 Å². The molecule has 0 fully saturated rings. The van der Waals surface area contributed by atoms with Crippen molar-refractivity contribution >= 4 is 21.0 Å². The van der Waals surface area contributed by atoms with Gasteiger partial charge in [0.25, 0.3) is 0 Å². The lowest BCUT2D eigenvalue weighted by molar-refractivity contribution is 0.445. The van der Waals surface area contributed by atoms with Crippen LogP contribution in [0.2, 0.25) is 0 Å². The highest BCUT2D eigenvalue weighted by Gasteiger charge is 2.13. The van der Waals surface area contributed by atoms with Gasteiger partial charge in [-0.15, -0.1) is 0 Å². The highest BCUT2D eigenvalue weighted by atomic mass is 32.2. The largest absolute Gasteiger partial charge is 0.360 e. The lowest BCUT2D eigenvalue weighted by atomic mass is 10.2. The summed E-state index contributed by atoms with van der Waals surface area (Å²) in [5.74, 6) is -0.157. The molecular formula is C13H10FN3O3S. The highest BCUT2D eigenvalue weighted by molar-refractivity contribution is 7.86. The smallest absolute Gasteiger partial charge is 0.340 e. The fourth-order valence-corrected chi connectivity index (χ4v) is 2.26. The maximum Gasteiger partial charge on any atom is 0.340 e. The molecule has 0 aliphatic heterocycles. The number of rotatable bonds is 4. The van der Waals surface area contributed by atoms with E-state index in [4.69, 9.17) is 0 Å². The lowest BCUT2D eigenvalue weighted by Gasteiger charge is -2.06. The Labute approximate surface area is 120 Å². The van der Waals surface area contributed by atoms with Crippen molar-refractivity contribution in [3.8, 4) is 11.6 Å². The number of hydrogen-bond donors (Lipinski definition) is 0. The maximum atomic E-state index is 12.2. The summed E-state index contributed by atoms with van der Waals surface area (Å²) in [4.78, 5) is 8.01. The van der Waals surface area contributed by atoms with Crippen LogP contribution in [0, 0.1) is 0 Å². The molecule has 1 aromatic carbocycles. The predicted octanol–water partition coefficient (Wildman–Crippen LogP) is 2.06. The number of pyridine rings is 1. The van der Waals surface area contributed by atoms with Crippen LogP contribution in [0.25, 0.3) is 16.6 Å². The zero-order valence-corrected chi connectivity index (χ0v) is 11.5. The van der Waals surface area contributed by atoms with Crippen LogP contribution in [-0.4, -0.2) is 29.0 Å². The van der Waals surface area contributed by atoms with Crippen LogP contribution >= 0.6 is 0 Å². The van der Waals surface area contributed by atoms with Gasteiger partial charge < -0.3 is 8.75 Å². The number of halogens is 1. The molecule has 0 atom stereocenters. The number of aromatic nitrogens is 3. The van der Waals surface area contributed by atoms with E-state index in [1.165, 1.54) is 6.07 Å². The van der Waals surface area contributed by atoms with E-state index in [9.17, 15) is 12.8 Å². The van der Waals surface area contributed by atoms with Crippen LogP contribution in [0.5, 0.6) is 5.88 Å². The number of hydrogen-bond acceptors (Lipinski definition) is 5. The van der Waals surface area contributed by atoms with Gasteiger partial charge in [0.1, 0.15) is 0 Å². The van der Waals surface area contributed by atoms with E-state index in [1.807, 2.05) is 16.7 Å². The lowest BCUT2D eigenvalue weighted by Crippen LogP contribution is -2.11. The van der Waals surface area contributed by atoms with Crippen molar-refractivity contribution in [1.29, 1.82) is 0 Å². The molecule has 21 heavy (non-hydrogen) atoms. The van der Waals surface area contributed by atoms with Gasteiger partial charge in [-0.05, 0) is 24.3 Å². The van der Waals surface area contributed by atoms with E-state index in [0.29, 0.717) is 5.52 Å². The second-order valence-electron chi connectivity index (χ2n) is 4.25. The Balaban J connectivity index is 1.99. The number of benzene rings is 1. The summed E-state index contributed by atoms with van der Waals surface area (Å²) in [7, 11) is -4.23. The standard InChI is InChI=1S/C13H10FN3O3S/c14-8-21(18,19)20-13-4-1-10-7-11(2-3-12(10)16-13)17-6-5-15-9-17/h1-7,9H,8H2. The summed E-state index contributed by atoms with van der Waals surface area (Å²) in [6.45, 7) is 0. The van der Waals surface area contributed by atoms with E-state index < -0.39 is 16.1 Å². The second kappa shape index (κ2) is 5.13. The third-order valence-corrected chi connectivity index (χ3v) is 3.49. The first-order valence-electron chi connectivity index (χ1n) is 5.95. The van der Waals surface area contributed by atoms with Crippen LogP contribution in [0.1, 0.15) is 0 Å². The fraction of sp³-hybridized carbons (Fsp3) is 0.0769. The zero-order valence-electron chi connectivity index (χ0n) is 10.7. The molecule has 0 amide bonds. The quantitative estimate of drug-likeness (QED) is 0.690. The van der Waals surface area contributed by atoms with E-state index >= 15 is 0 Å². The molecule has 6 nitrogen and oxygen atoms in total. The summed E-state index contributed by atoms with van der Waals surface area (Å²) < 4.78 is 40.7. The molecule has 3 rings (SSSR count). The average molecular weight is 307 g/mol. The Morgan fingerprint density at radius 1 is 1.24 bits per heavy atom. The van der Waals surface area contributed by atoms with Crippen LogP contribution in [0.4, 0.5) is 4.39 Å². The molecule has 0 spiro atoms. The van der Waals surface area contributed by atoms with Crippen molar-refractivity contribution in [1.82, 2.24) is 14.5 Å². The second-order valence-corrected chi connectivity index (χ2v) is 5.75. The number of fused-ring (bicyclic) bond motifs is 1. The molecule has 2 heterocycles. The Morgan fingerprint density at radius 2 is 2.10 bits per heavy atom. The molecule has 8 heteroatoms. The molecular weight excluding hydrogens is 297 g/mol. The predicted molar refractivity (Wildman–Crippen MR) is 74.4 cm³/mol. The molecule has 0 aliphatic rings. The van der Waals surface area contributed by atoms with Crippen molar-refractivity contribution in [2.45, 2.75) is 0 Å². The third kappa shape index (κ3) is 2.84. The van der Waals surface area contributed by atoms with Gasteiger partial charge >= 0.3 is 10.1 Å². The molecule has 2 aromatic heterocycles. The van der Waals surface area contributed by atoms with Crippen molar-refractivity contribution in [3.05, 3.63) is 49.1 Å². The van der Waals surface area contributed by atoms with Gasteiger partial charge in [-0.3, -0.25) is 0 Å². The molecule has 0 radical (unpaired) electrons. The third-order valence-electron chi connectivity index (χ3n) is 2.80. The van der Waals surface area contributed by atoms with Gasteiger partial charge in [-0.25, -0.2) is 14.4 Å². The Morgan fingerprint density at radius 3 is 2.81 bits per heavy atom. The number of imidazole rings is 1. The molecule has 0 N–H and O–H groups in total. The van der Waals surface area contributed by atoms with Crippen molar-refractivity contribution in [2.24, 2.45) is 0 Å². The monoisotopic (exact) mass is 307 g/mol. The van der Waals surface area contributed by atoms with Crippen LogP contribution in [0.15, 0.2) is 49.1 Å². The summed E-state index contributed by atoms with van der Waals surface area (Å²) in [6.07, 6.45) is 5.14. The van der Waals surface area contributed by atoms with Gasteiger partial charge in [0.2, 0.25) is 11.9 Å². The first-order chi connectivity index (χ1) is 10.1. The summed E-state index contributed by atoms with van der Waals surface area (Å²) >= 11 is 0. The van der Waals surface area contributed by atoms with Crippen molar-refractivity contribution < 1.29 is 17.0 Å². The Bertz CT molecular complexity index is 879. The van der Waals surface area contributed by atoms with Crippen molar-refractivity contribution in [2.75, 3.05) is 6.01 Å². The van der Waals surface area contributed by atoms with Gasteiger partial charge in [-0.1, -0.05) is 0 Å². The normalized spacial score (nSPS) is 11.7. The molecule has 0 bridgehead atoms. The summed E-state index contributed by atoms with van der Waals surface area (Å²) in [6, 6.07) is 6.85. The molecule has 3 aromatic rings. The molecule has 108 valence electrons. The van der Waals surface area contributed by atoms with Gasteiger partial charge in [0.05, 0.1) is 11.8 Å². The van der Waals surface area contributed by atoms with E-state index in [-0.39, 0.29) is 5.88 Å². The van der Waals surface area contributed by atoms with Gasteiger partial charge in [0.15, 0.2) is 0 Å². The molecule has 0 aliphatic carbocycles. The topological polar surface area (TPSA) is 74.1 Å². The summed E-state index contributed by atoms with van der Waals surface area (Å²) in [5, 5.41) is 0.797. The van der Waals surface area contributed by atoms with E-state index in [2.05, 4.69) is 14.2 Å². The van der Waals surface area contributed by atoms with Crippen LogP contribution < -0.4 is 4.18 Å². The minimum atomic E-state index is -4.23. The van der Waals surface area contributed by atoms with Gasteiger partial charge in [-0.2, -0.15) is 8.42 Å². The number of alkyl halides is 1. The van der Waals surface area contributed by atoms with Crippen molar-refractivity contribution in [3.63, 3.8) is 0 Å². The number of nitrogens with zero attached hydrogens (tertiary/aromatic N) is 3. The van der Waals surface area contributed by atoms with Crippen LogP contribution in [0.3, 0.4) is 0 Å². The molecule has 0 saturated carbocycles. The fourth-order valence-electron chi connectivity index (χ4n) is 1.87.